The fourth-order valence-corrected chi connectivity index (χ4v) is 4.63. The van der Waals surface area contributed by atoms with E-state index in [-0.39, 0.29) is 12.3 Å². The maximum Gasteiger partial charge on any atom is 0.228 e. The van der Waals surface area contributed by atoms with Gasteiger partial charge in [-0.25, -0.2) is 9.37 Å². The highest BCUT2D eigenvalue weighted by molar-refractivity contribution is 9.10. The van der Waals surface area contributed by atoms with E-state index in [0.29, 0.717) is 40.7 Å². The Bertz CT molecular complexity index is 848. The van der Waals surface area contributed by atoms with Crippen molar-refractivity contribution in [2.75, 3.05) is 19.2 Å². The van der Waals surface area contributed by atoms with Crippen molar-refractivity contribution in [3.05, 3.63) is 21.4 Å². The summed E-state index contributed by atoms with van der Waals surface area (Å²) in [4.78, 5) is 8.92. The predicted octanol–water partition coefficient (Wildman–Crippen LogP) is 5.36. The van der Waals surface area contributed by atoms with E-state index in [1.165, 1.54) is 11.8 Å². The molecule has 9 heteroatoms. The standard InChI is InChI=1S/C18H24BrFN2O3SSi/c1-5-26-18-21-16-13(11-8-24-9-12(11)14(19)15(16)20)17(22-18)25-10-23-6-7-27(2,3)4/h5-10H2,1-4H3. The van der Waals surface area contributed by atoms with Crippen molar-refractivity contribution in [3.63, 3.8) is 0 Å². The van der Waals surface area contributed by atoms with Gasteiger partial charge in [-0.1, -0.05) is 38.3 Å². The first-order chi connectivity index (χ1) is 12.8. The minimum atomic E-state index is -1.16. The fourth-order valence-electron chi connectivity index (χ4n) is 2.77. The van der Waals surface area contributed by atoms with E-state index >= 15 is 0 Å². The lowest BCUT2D eigenvalue weighted by atomic mass is 10.0. The third kappa shape index (κ3) is 4.82. The van der Waals surface area contributed by atoms with Crippen molar-refractivity contribution in [1.29, 1.82) is 0 Å². The van der Waals surface area contributed by atoms with Crippen LogP contribution in [0, 0.1) is 5.82 Å². The van der Waals surface area contributed by atoms with Gasteiger partial charge in [0.1, 0.15) is 5.52 Å². The molecule has 2 aromatic rings. The van der Waals surface area contributed by atoms with Crippen LogP contribution >= 0.6 is 27.7 Å². The third-order valence-corrected chi connectivity index (χ3v) is 7.49. The molecule has 1 aliphatic rings. The quantitative estimate of drug-likeness (QED) is 0.168. The zero-order valence-electron chi connectivity index (χ0n) is 16.0. The van der Waals surface area contributed by atoms with Crippen molar-refractivity contribution >= 4 is 46.7 Å². The molecule has 0 amide bonds. The summed E-state index contributed by atoms with van der Waals surface area (Å²) in [7, 11) is -1.16. The second-order valence-electron chi connectivity index (χ2n) is 7.53. The topological polar surface area (TPSA) is 53.5 Å². The van der Waals surface area contributed by atoms with Crippen LogP contribution in [0.25, 0.3) is 10.9 Å². The Morgan fingerprint density at radius 2 is 1.96 bits per heavy atom. The van der Waals surface area contributed by atoms with Crippen LogP contribution in [0.3, 0.4) is 0 Å². The number of nitrogens with zero attached hydrogens (tertiary/aromatic N) is 2. The molecule has 0 bridgehead atoms. The summed E-state index contributed by atoms with van der Waals surface area (Å²) in [5.74, 6) is 0.741. The first-order valence-corrected chi connectivity index (χ1v) is 14.4. The van der Waals surface area contributed by atoms with E-state index < -0.39 is 13.9 Å². The lowest BCUT2D eigenvalue weighted by Crippen LogP contribution is -2.22. The highest BCUT2D eigenvalue weighted by atomic mass is 79.9. The molecule has 148 valence electrons. The first-order valence-electron chi connectivity index (χ1n) is 8.93. The van der Waals surface area contributed by atoms with Crippen molar-refractivity contribution in [1.82, 2.24) is 9.97 Å². The van der Waals surface area contributed by atoms with E-state index in [4.69, 9.17) is 14.2 Å². The smallest absolute Gasteiger partial charge is 0.228 e. The maximum absolute atomic E-state index is 14.9. The van der Waals surface area contributed by atoms with Gasteiger partial charge in [-0.15, -0.1) is 0 Å². The first kappa shape index (κ1) is 21.0. The lowest BCUT2D eigenvalue weighted by Gasteiger charge is -2.16. The Morgan fingerprint density at radius 1 is 1.22 bits per heavy atom. The summed E-state index contributed by atoms with van der Waals surface area (Å²) >= 11 is 4.80. The summed E-state index contributed by atoms with van der Waals surface area (Å²) in [6.07, 6.45) is 0. The molecule has 1 aliphatic heterocycles. The van der Waals surface area contributed by atoms with Crippen LogP contribution in [0.2, 0.25) is 25.7 Å². The molecule has 5 nitrogen and oxygen atoms in total. The summed E-state index contributed by atoms with van der Waals surface area (Å²) in [6, 6.07) is 1.06. The molecular formula is C18H24BrFN2O3SSi. The van der Waals surface area contributed by atoms with Gasteiger partial charge in [-0.3, -0.25) is 0 Å². The number of thioether (sulfide) groups is 1. The number of rotatable bonds is 8. The van der Waals surface area contributed by atoms with Crippen LogP contribution in [-0.2, 0) is 22.7 Å². The van der Waals surface area contributed by atoms with Gasteiger partial charge in [-0.05, 0) is 33.3 Å². The van der Waals surface area contributed by atoms with Crippen LogP contribution in [0.5, 0.6) is 5.88 Å². The molecule has 0 N–H and O–H groups in total. The highest BCUT2D eigenvalue weighted by Gasteiger charge is 2.27. The predicted molar refractivity (Wildman–Crippen MR) is 112 cm³/mol. The van der Waals surface area contributed by atoms with Crippen LogP contribution in [0.1, 0.15) is 18.1 Å². The Morgan fingerprint density at radius 3 is 2.67 bits per heavy atom. The zero-order valence-corrected chi connectivity index (χ0v) is 19.4. The molecule has 0 atom stereocenters. The molecule has 27 heavy (non-hydrogen) atoms. The maximum atomic E-state index is 14.9. The average molecular weight is 475 g/mol. The molecular weight excluding hydrogens is 451 g/mol. The van der Waals surface area contributed by atoms with Gasteiger partial charge < -0.3 is 14.2 Å². The second kappa shape index (κ2) is 8.73. The molecule has 3 rings (SSSR count). The molecule has 0 aliphatic carbocycles. The number of hydrogen-bond donors (Lipinski definition) is 0. The highest BCUT2D eigenvalue weighted by Crippen LogP contribution is 2.40. The molecule has 1 aromatic heterocycles. The molecule has 0 saturated heterocycles. The summed E-state index contributed by atoms with van der Waals surface area (Å²) in [6.45, 7) is 10.4. The minimum Gasteiger partial charge on any atom is -0.450 e. The van der Waals surface area contributed by atoms with Gasteiger partial charge in [-0.2, -0.15) is 4.98 Å². The normalized spacial score (nSPS) is 14.0. The van der Waals surface area contributed by atoms with E-state index in [1.54, 1.807) is 0 Å². The number of aromatic nitrogens is 2. The number of halogens is 2. The Balaban J connectivity index is 1.92. The average Bonchev–Trinajstić information content (AvgIpc) is 3.08. The van der Waals surface area contributed by atoms with Crippen LogP contribution in [0.15, 0.2) is 9.63 Å². The van der Waals surface area contributed by atoms with E-state index in [0.717, 1.165) is 22.9 Å². The van der Waals surface area contributed by atoms with E-state index in [9.17, 15) is 4.39 Å². The SMILES string of the molecule is CCSc1nc(OCOCC[Si](C)(C)C)c2c3c(c(Br)c(F)c2n1)COC3. The molecule has 2 heterocycles. The monoisotopic (exact) mass is 474 g/mol. The molecule has 0 fully saturated rings. The van der Waals surface area contributed by atoms with Crippen molar-refractivity contribution in [2.24, 2.45) is 0 Å². The number of hydrogen-bond acceptors (Lipinski definition) is 6. The van der Waals surface area contributed by atoms with Crippen molar-refractivity contribution < 1.29 is 18.6 Å². The Hall–Kier alpha value is -0.743. The van der Waals surface area contributed by atoms with Crippen LogP contribution in [-0.4, -0.2) is 37.2 Å². The number of benzene rings is 1. The van der Waals surface area contributed by atoms with Gasteiger partial charge in [0.05, 0.1) is 23.1 Å². The molecule has 0 radical (unpaired) electrons. The molecule has 0 saturated carbocycles. The van der Waals surface area contributed by atoms with Gasteiger partial charge in [0, 0.05) is 20.2 Å². The van der Waals surface area contributed by atoms with Crippen molar-refractivity contribution in [3.8, 4) is 5.88 Å². The van der Waals surface area contributed by atoms with E-state index in [1.807, 2.05) is 6.92 Å². The van der Waals surface area contributed by atoms with Crippen molar-refractivity contribution in [2.45, 2.75) is 51.0 Å². The van der Waals surface area contributed by atoms with Gasteiger partial charge >= 0.3 is 0 Å². The van der Waals surface area contributed by atoms with Crippen LogP contribution < -0.4 is 4.74 Å². The minimum absolute atomic E-state index is 0.0835. The molecule has 1 aromatic carbocycles. The number of fused-ring (bicyclic) bond motifs is 3. The summed E-state index contributed by atoms with van der Waals surface area (Å²) in [5, 5.41) is 1.07. The third-order valence-electron chi connectivity index (χ3n) is 4.23. The number of ether oxygens (including phenoxy) is 3. The largest absolute Gasteiger partial charge is 0.450 e. The van der Waals surface area contributed by atoms with Gasteiger partial charge in [0.2, 0.25) is 5.88 Å². The van der Waals surface area contributed by atoms with Crippen LogP contribution in [0.4, 0.5) is 4.39 Å². The molecule has 0 unspecified atom stereocenters. The van der Waals surface area contributed by atoms with Gasteiger partial charge in [0.15, 0.2) is 17.8 Å². The zero-order chi connectivity index (χ0) is 19.6. The van der Waals surface area contributed by atoms with Gasteiger partial charge in [0.25, 0.3) is 0 Å². The van der Waals surface area contributed by atoms with E-state index in [2.05, 4.69) is 45.5 Å². The summed E-state index contributed by atoms with van der Waals surface area (Å²) < 4.78 is 32.4. The Labute approximate surface area is 172 Å². The lowest BCUT2D eigenvalue weighted by molar-refractivity contribution is 0.0198. The second-order valence-corrected chi connectivity index (χ2v) is 15.2. The molecule has 0 spiro atoms. The Kier molecular flexibility index (Phi) is 6.78. The summed E-state index contributed by atoms with van der Waals surface area (Å²) in [5.41, 5.74) is 1.93. The fraction of sp³-hybridized carbons (Fsp3) is 0.556.